The van der Waals surface area contributed by atoms with E-state index in [-0.39, 0.29) is 11.9 Å². The lowest BCUT2D eigenvalue weighted by Gasteiger charge is -2.15. The van der Waals surface area contributed by atoms with Gasteiger partial charge in [0.05, 0.1) is 13.2 Å². The van der Waals surface area contributed by atoms with E-state index < -0.39 is 0 Å². The summed E-state index contributed by atoms with van der Waals surface area (Å²) in [4.78, 5) is 4.26. The number of halogens is 1. The lowest BCUT2D eigenvalue weighted by atomic mass is 10.2. The first-order chi connectivity index (χ1) is 9.19. The maximum atomic E-state index is 13.1. The van der Waals surface area contributed by atoms with Gasteiger partial charge in [-0.25, -0.2) is 9.37 Å². The molecule has 0 aliphatic heterocycles. The quantitative estimate of drug-likeness (QED) is 0.870. The van der Waals surface area contributed by atoms with Crippen molar-refractivity contribution in [3.05, 3.63) is 48.0 Å². The largest absolute Gasteiger partial charge is 0.383 e. The first-order valence-electron chi connectivity index (χ1n) is 6.20. The van der Waals surface area contributed by atoms with Crippen LogP contribution in [-0.2, 0) is 11.3 Å². The third kappa shape index (κ3) is 3.79. The summed E-state index contributed by atoms with van der Waals surface area (Å²) in [6, 6.07) is 6.74. The maximum Gasteiger partial charge on any atom is 0.203 e. The Bertz CT molecular complexity index is 527. The number of hydrogen-bond acceptors (Lipinski definition) is 3. The van der Waals surface area contributed by atoms with Gasteiger partial charge >= 0.3 is 0 Å². The van der Waals surface area contributed by atoms with E-state index in [4.69, 9.17) is 4.74 Å². The van der Waals surface area contributed by atoms with Crippen molar-refractivity contribution in [2.24, 2.45) is 0 Å². The minimum absolute atomic E-state index is 0.165. The number of nitrogens with one attached hydrogen (secondary N) is 1. The molecule has 0 fully saturated rings. The Morgan fingerprint density at radius 2 is 2.32 bits per heavy atom. The lowest BCUT2D eigenvalue weighted by molar-refractivity contribution is 0.190. The second kappa shape index (κ2) is 6.33. The molecule has 19 heavy (non-hydrogen) atoms. The van der Waals surface area contributed by atoms with E-state index in [0.717, 1.165) is 11.5 Å². The second-order valence-electron chi connectivity index (χ2n) is 4.51. The summed E-state index contributed by atoms with van der Waals surface area (Å²) in [6.45, 7) is 3.21. The molecule has 0 saturated heterocycles. The van der Waals surface area contributed by atoms with E-state index in [1.54, 1.807) is 19.4 Å². The van der Waals surface area contributed by atoms with Crippen molar-refractivity contribution in [3.63, 3.8) is 0 Å². The summed E-state index contributed by atoms with van der Waals surface area (Å²) in [6.07, 6.45) is 3.59. The van der Waals surface area contributed by atoms with Crippen molar-refractivity contribution in [3.8, 4) is 0 Å². The number of ether oxygens (including phenoxy) is 1. The van der Waals surface area contributed by atoms with Crippen LogP contribution in [0.4, 0.5) is 10.3 Å². The maximum absolute atomic E-state index is 13.1. The molecule has 102 valence electrons. The van der Waals surface area contributed by atoms with E-state index in [1.165, 1.54) is 12.1 Å². The highest BCUT2D eigenvalue weighted by Crippen LogP contribution is 2.11. The first-order valence-corrected chi connectivity index (χ1v) is 6.20. The van der Waals surface area contributed by atoms with E-state index in [2.05, 4.69) is 10.3 Å². The Balaban J connectivity index is 2.07. The lowest BCUT2D eigenvalue weighted by Crippen LogP contribution is -2.23. The smallest absolute Gasteiger partial charge is 0.203 e. The van der Waals surface area contributed by atoms with Gasteiger partial charge in [-0.2, -0.15) is 0 Å². The number of anilines is 1. The van der Waals surface area contributed by atoms with Crippen LogP contribution < -0.4 is 5.32 Å². The molecule has 4 nitrogen and oxygen atoms in total. The average molecular weight is 263 g/mol. The number of benzene rings is 1. The molecule has 1 aromatic carbocycles. The van der Waals surface area contributed by atoms with Crippen molar-refractivity contribution in [1.82, 2.24) is 9.55 Å². The van der Waals surface area contributed by atoms with Crippen LogP contribution in [0.1, 0.15) is 12.5 Å². The molecule has 0 aliphatic rings. The summed E-state index contributed by atoms with van der Waals surface area (Å²) in [5, 5.41) is 3.26. The predicted octanol–water partition coefficient (Wildman–Crippen LogP) is 2.52. The Morgan fingerprint density at radius 1 is 1.47 bits per heavy atom. The molecule has 0 amide bonds. The highest BCUT2D eigenvalue weighted by Gasteiger charge is 2.07. The molecule has 2 aromatic rings. The monoisotopic (exact) mass is 263 g/mol. The molecule has 0 saturated carbocycles. The van der Waals surface area contributed by atoms with Gasteiger partial charge in [-0.15, -0.1) is 0 Å². The van der Waals surface area contributed by atoms with Crippen molar-refractivity contribution >= 4 is 5.95 Å². The Hall–Kier alpha value is -1.88. The van der Waals surface area contributed by atoms with Crippen molar-refractivity contribution in [2.75, 3.05) is 19.0 Å². The number of nitrogens with zero attached hydrogens (tertiary/aromatic N) is 2. The molecule has 1 N–H and O–H groups in total. The van der Waals surface area contributed by atoms with Crippen LogP contribution in [0.3, 0.4) is 0 Å². The predicted molar refractivity (Wildman–Crippen MR) is 72.7 cm³/mol. The fraction of sp³-hybridized carbons (Fsp3) is 0.357. The molecule has 0 aliphatic carbocycles. The first kappa shape index (κ1) is 13.5. The van der Waals surface area contributed by atoms with Crippen LogP contribution in [0.5, 0.6) is 0 Å². The van der Waals surface area contributed by atoms with Gasteiger partial charge in [0.25, 0.3) is 0 Å². The number of imidazole rings is 1. The minimum atomic E-state index is -0.222. The average Bonchev–Trinajstić information content (AvgIpc) is 2.77. The standard InChI is InChI=1S/C14H18FN3O/c1-11(10-19-2)17-14-16-6-7-18(14)9-12-4-3-5-13(15)8-12/h3-8,11H,9-10H2,1-2H3,(H,16,17). The van der Waals surface area contributed by atoms with Gasteiger partial charge in [0.2, 0.25) is 5.95 Å². The zero-order valence-corrected chi connectivity index (χ0v) is 11.1. The van der Waals surface area contributed by atoms with Gasteiger partial charge in [0.15, 0.2) is 0 Å². The fourth-order valence-electron chi connectivity index (χ4n) is 1.92. The van der Waals surface area contributed by atoms with Crippen molar-refractivity contribution in [1.29, 1.82) is 0 Å². The molecular weight excluding hydrogens is 245 g/mol. The van der Waals surface area contributed by atoms with Gasteiger partial charge in [-0.05, 0) is 24.6 Å². The number of hydrogen-bond donors (Lipinski definition) is 1. The van der Waals surface area contributed by atoms with Gasteiger partial charge in [0, 0.05) is 25.5 Å². The van der Waals surface area contributed by atoms with Gasteiger partial charge in [-0.1, -0.05) is 12.1 Å². The third-order valence-electron chi connectivity index (χ3n) is 2.75. The van der Waals surface area contributed by atoms with Gasteiger partial charge in [0.1, 0.15) is 5.82 Å². The molecule has 0 spiro atoms. The van der Waals surface area contributed by atoms with Gasteiger partial charge in [-0.3, -0.25) is 0 Å². The molecule has 1 atom stereocenters. The normalized spacial score (nSPS) is 12.4. The number of rotatable bonds is 6. The number of methoxy groups -OCH3 is 1. The third-order valence-corrected chi connectivity index (χ3v) is 2.75. The highest BCUT2D eigenvalue weighted by atomic mass is 19.1. The van der Waals surface area contributed by atoms with Crippen LogP contribution in [0.15, 0.2) is 36.7 Å². The molecule has 1 aromatic heterocycles. The Labute approximate surface area is 112 Å². The zero-order chi connectivity index (χ0) is 13.7. The summed E-state index contributed by atoms with van der Waals surface area (Å²) < 4.78 is 20.2. The molecule has 0 bridgehead atoms. The van der Waals surface area contributed by atoms with Gasteiger partial charge < -0.3 is 14.6 Å². The summed E-state index contributed by atoms with van der Waals surface area (Å²) >= 11 is 0. The molecule has 5 heteroatoms. The minimum Gasteiger partial charge on any atom is -0.383 e. The Kier molecular flexibility index (Phi) is 4.52. The van der Waals surface area contributed by atoms with Crippen LogP contribution in [0, 0.1) is 5.82 Å². The van der Waals surface area contributed by atoms with E-state index in [1.807, 2.05) is 23.8 Å². The summed E-state index contributed by atoms with van der Waals surface area (Å²) in [5.41, 5.74) is 0.903. The second-order valence-corrected chi connectivity index (χ2v) is 4.51. The van der Waals surface area contributed by atoms with Crippen LogP contribution in [-0.4, -0.2) is 29.3 Å². The molecule has 2 rings (SSSR count). The van der Waals surface area contributed by atoms with Crippen molar-refractivity contribution < 1.29 is 9.13 Å². The van der Waals surface area contributed by atoms with E-state index >= 15 is 0 Å². The highest BCUT2D eigenvalue weighted by molar-refractivity contribution is 5.29. The topological polar surface area (TPSA) is 39.1 Å². The van der Waals surface area contributed by atoms with Crippen LogP contribution in [0.2, 0.25) is 0 Å². The zero-order valence-electron chi connectivity index (χ0n) is 11.1. The van der Waals surface area contributed by atoms with Crippen LogP contribution in [0.25, 0.3) is 0 Å². The van der Waals surface area contributed by atoms with E-state index in [9.17, 15) is 4.39 Å². The molecular formula is C14H18FN3O. The van der Waals surface area contributed by atoms with E-state index in [0.29, 0.717) is 13.2 Å². The van der Waals surface area contributed by atoms with Crippen LogP contribution >= 0.6 is 0 Å². The fourth-order valence-corrected chi connectivity index (χ4v) is 1.92. The SMILES string of the molecule is COCC(C)Nc1nccn1Cc1cccc(F)c1. The summed E-state index contributed by atoms with van der Waals surface area (Å²) in [5.74, 6) is 0.536. The molecule has 1 heterocycles. The molecule has 1 unspecified atom stereocenters. The number of aromatic nitrogens is 2. The Morgan fingerprint density at radius 3 is 3.05 bits per heavy atom. The molecule has 0 radical (unpaired) electrons. The van der Waals surface area contributed by atoms with Crippen molar-refractivity contribution in [2.45, 2.75) is 19.5 Å². The summed E-state index contributed by atoms with van der Waals surface area (Å²) in [7, 11) is 1.66.